The first-order valence-corrected chi connectivity index (χ1v) is 5.92. The normalized spacial score (nSPS) is 10.7. The molecule has 2 aromatic rings. The van der Waals surface area contributed by atoms with Crippen LogP contribution in [-0.4, -0.2) is 29.9 Å². The summed E-state index contributed by atoms with van der Waals surface area (Å²) in [6, 6.07) is 3.78. The topological polar surface area (TPSA) is 60.7 Å². The minimum atomic E-state index is -0.876. The number of hydrogen-bond acceptors (Lipinski definition) is 3. The molecule has 0 atom stereocenters. The first kappa shape index (κ1) is 13.3. The van der Waals surface area contributed by atoms with E-state index < -0.39 is 5.97 Å². The Labute approximate surface area is 111 Å². The van der Waals surface area contributed by atoms with Gasteiger partial charge in [-0.3, -0.25) is 4.79 Å². The molecule has 0 bridgehead atoms. The molecule has 5 heteroatoms. The lowest BCUT2D eigenvalue weighted by molar-refractivity contribution is -0.137. The van der Waals surface area contributed by atoms with Gasteiger partial charge in [-0.2, -0.15) is 0 Å². The highest BCUT2D eigenvalue weighted by atomic mass is 16.5. The Balaban J connectivity index is 2.79. The summed E-state index contributed by atoms with van der Waals surface area (Å²) in [6.45, 7) is 3.72. The summed E-state index contributed by atoms with van der Waals surface area (Å²) in [5, 5.41) is 9.90. The van der Waals surface area contributed by atoms with E-state index in [0.717, 1.165) is 27.9 Å². The van der Waals surface area contributed by atoms with Gasteiger partial charge in [0.15, 0.2) is 0 Å². The Morgan fingerprint density at radius 3 is 2.47 bits per heavy atom. The SMILES string of the molecule is COc1cc2c(cc(C)n2CC(=O)O)c(OC)c1C. The van der Waals surface area contributed by atoms with Gasteiger partial charge in [0, 0.05) is 22.7 Å². The Bertz CT molecular complexity index is 643. The number of aliphatic carboxylic acids is 1. The number of nitrogens with zero attached hydrogens (tertiary/aromatic N) is 1. The molecule has 0 amide bonds. The molecule has 0 radical (unpaired) electrons. The highest BCUT2D eigenvalue weighted by molar-refractivity contribution is 5.91. The van der Waals surface area contributed by atoms with Crippen molar-refractivity contribution in [2.75, 3.05) is 14.2 Å². The Morgan fingerprint density at radius 2 is 1.95 bits per heavy atom. The van der Waals surface area contributed by atoms with E-state index in [1.54, 1.807) is 18.8 Å². The van der Waals surface area contributed by atoms with Crippen molar-refractivity contribution in [1.29, 1.82) is 0 Å². The fourth-order valence-corrected chi connectivity index (χ4v) is 2.40. The minimum absolute atomic E-state index is 0.0787. The molecule has 19 heavy (non-hydrogen) atoms. The summed E-state index contributed by atoms with van der Waals surface area (Å²) < 4.78 is 12.5. The highest BCUT2D eigenvalue weighted by Gasteiger charge is 2.17. The molecule has 0 spiro atoms. The van der Waals surface area contributed by atoms with Crippen molar-refractivity contribution in [3.8, 4) is 11.5 Å². The number of carboxylic acid groups (broad SMARTS) is 1. The Kier molecular flexibility index (Phi) is 3.38. The van der Waals surface area contributed by atoms with Crippen LogP contribution in [0.1, 0.15) is 11.3 Å². The molecular formula is C14H17NO4. The van der Waals surface area contributed by atoms with Gasteiger partial charge in [0.05, 0.1) is 19.7 Å². The third-order valence-corrected chi connectivity index (χ3v) is 3.29. The van der Waals surface area contributed by atoms with Crippen molar-refractivity contribution in [3.63, 3.8) is 0 Å². The van der Waals surface area contributed by atoms with Crippen molar-refractivity contribution in [2.24, 2.45) is 0 Å². The van der Waals surface area contributed by atoms with Crippen LogP contribution in [0.3, 0.4) is 0 Å². The molecule has 0 aliphatic heterocycles. The number of benzene rings is 1. The van der Waals surface area contributed by atoms with E-state index in [1.807, 2.05) is 26.0 Å². The molecule has 1 heterocycles. The molecule has 1 aromatic carbocycles. The molecule has 1 N–H and O–H groups in total. The summed E-state index contributed by atoms with van der Waals surface area (Å²) in [5.74, 6) is 0.537. The summed E-state index contributed by atoms with van der Waals surface area (Å²) in [6.07, 6.45) is 0. The molecular weight excluding hydrogens is 246 g/mol. The molecule has 0 saturated heterocycles. The second-order valence-electron chi connectivity index (χ2n) is 4.44. The lowest BCUT2D eigenvalue weighted by Crippen LogP contribution is -2.09. The monoisotopic (exact) mass is 263 g/mol. The van der Waals surface area contributed by atoms with Gasteiger partial charge < -0.3 is 19.1 Å². The van der Waals surface area contributed by atoms with Crippen molar-refractivity contribution < 1.29 is 19.4 Å². The van der Waals surface area contributed by atoms with Gasteiger partial charge in [0.25, 0.3) is 0 Å². The fourth-order valence-electron chi connectivity index (χ4n) is 2.40. The third kappa shape index (κ3) is 2.12. The lowest BCUT2D eigenvalue weighted by Gasteiger charge is -2.12. The van der Waals surface area contributed by atoms with Crippen molar-refractivity contribution in [2.45, 2.75) is 20.4 Å². The van der Waals surface area contributed by atoms with Gasteiger partial charge in [0.1, 0.15) is 18.0 Å². The van der Waals surface area contributed by atoms with Crippen LogP contribution in [0.4, 0.5) is 0 Å². The maximum atomic E-state index is 11.0. The number of hydrogen-bond donors (Lipinski definition) is 1. The second-order valence-corrected chi connectivity index (χ2v) is 4.44. The predicted molar refractivity (Wildman–Crippen MR) is 72.2 cm³/mol. The number of carboxylic acids is 1. The quantitative estimate of drug-likeness (QED) is 0.919. The standard InChI is InChI=1S/C14H17NO4/c1-8-5-10-11(15(8)7-13(16)17)6-12(18-3)9(2)14(10)19-4/h5-6H,7H2,1-4H3,(H,16,17). The van der Waals surface area contributed by atoms with Crippen molar-refractivity contribution >= 4 is 16.9 Å². The van der Waals surface area contributed by atoms with Crippen LogP contribution in [-0.2, 0) is 11.3 Å². The molecule has 0 aliphatic carbocycles. The number of aryl methyl sites for hydroxylation is 1. The maximum absolute atomic E-state index is 11.0. The van der Waals surface area contributed by atoms with Gasteiger partial charge in [-0.1, -0.05) is 0 Å². The second kappa shape index (κ2) is 4.84. The van der Waals surface area contributed by atoms with E-state index in [2.05, 4.69) is 0 Å². The average Bonchev–Trinajstić information content (AvgIpc) is 2.65. The molecule has 0 saturated carbocycles. The van der Waals surface area contributed by atoms with Gasteiger partial charge >= 0.3 is 5.97 Å². The van der Waals surface area contributed by atoms with Crippen LogP contribution in [0.25, 0.3) is 10.9 Å². The minimum Gasteiger partial charge on any atom is -0.496 e. The summed E-state index contributed by atoms with van der Waals surface area (Å²) in [5.41, 5.74) is 2.59. The molecule has 102 valence electrons. The summed E-state index contributed by atoms with van der Waals surface area (Å²) in [7, 11) is 3.19. The van der Waals surface area contributed by atoms with E-state index in [0.29, 0.717) is 5.75 Å². The zero-order valence-corrected chi connectivity index (χ0v) is 11.5. The number of aromatic nitrogens is 1. The van der Waals surface area contributed by atoms with Crippen LogP contribution < -0.4 is 9.47 Å². The van der Waals surface area contributed by atoms with Gasteiger partial charge in [0.2, 0.25) is 0 Å². The summed E-state index contributed by atoms with van der Waals surface area (Å²) >= 11 is 0. The van der Waals surface area contributed by atoms with Crippen LogP contribution in [0, 0.1) is 13.8 Å². The fraction of sp³-hybridized carbons (Fsp3) is 0.357. The number of carbonyl (C=O) groups is 1. The van der Waals surface area contributed by atoms with E-state index in [4.69, 9.17) is 14.6 Å². The number of methoxy groups -OCH3 is 2. The summed E-state index contributed by atoms with van der Waals surface area (Å²) in [4.78, 5) is 11.0. The van der Waals surface area contributed by atoms with Gasteiger partial charge in [-0.05, 0) is 19.9 Å². The smallest absolute Gasteiger partial charge is 0.323 e. The predicted octanol–water partition coefficient (Wildman–Crippen LogP) is 2.36. The molecule has 1 aromatic heterocycles. The van der Waals surface area contributed by atoms with E-state index in [9.17, 15) is 4.79 Å². The van der Waals surface area contributed by atoms with Crippen LogP contribution in [0.15, 0.2) is 12.1 Å². The first-order chi connectivity index (χ1) is 8.99. The highest BCUT2D eigenvalue weighted by Crippen LogP contribution is 2.37. The van der Waals surface area contributed by atoms with Crippen LogP contribution in [0.5, 0.6) is 11.5 Å². The Hall–Kier alpha value is -2.17. The zero-order chi connectivity index (χ0) is 14.2. The Morgan fingerprint density at radius 1 is 1.26 bits per heavy atom. The van der Waals surface area contributed by atoms with E-state index in [-0.39, 0.29) is 6.54 Å². The molecule has 2 rings (SSSR count). The first-order valence-electron chi connectivity index (χ1n) is 5.92. The molecule has 0 unspecified atom stereocenters. The maximum Gasteiger partial charge on any atom is 0.323 e. The lowest BCUT2D eigenvalue weighted by atomic mass is 10.1. The average molecular weight is 263 g/mol. The van der Waals surface area contributed by atoms with Gasteiger partial charge in [-0.25, -0.2) is 0 Å². The molecule has 0 fully saturated rings. The molecule has 0 aliphatic rings. The number of ether oxygens (including phenoxy) is 2. The number of rotatable bonds is 4. The van der Waals surface area contributed by atoms with Gasteiger partial charge in [-0.15, -0.1) is 0 Å². The van der Waals surface area contributed by atoms with Crippen LogP contribution in [0.2, 0.25) is 0 Å². The van der Waals surface area contributed by atoms with Crippen molar-refractivity contribution in [1.82, 2.24) is 4.57 Å². The van der Waals surface area contributed by atoms with Crippen molar-refractivity contribution in [3.05, 3.63) is 23.4 Å². The third-order valence-electron chi connectivity index (χ3n) is 3.29. The van der Waals surface area contributed by atoms with Crippen LogP contribution >= 0.6 is 0 Å². The van der Waals surface area contributed by atoms with E-state index in [1.165, 1.54) is 0 Å². The van der Waals surface area contributed by atoms with E-state index >= 15 is 0 Å². The largest absolute Gasteiger partial charge is 0.496 e. The molecule has 5 nitrogen and oxygen atoms in total. The number of fused-ring (bicyclic) bond motifs is 1. The zero-order valence-electron chi connectivity index (χ0n) is 11.5.